The number of fused-ring (bicyclic) bond motifs is 1. The molecule has 0 aliphatic heterocycles. The van der Waals surface area contributed by atoms with Gasteiger partial charge in [-0.15, -0.1) is 0 Å². The molecule has 0 saturated carbocycles. The zero-order valence-corrected chi connectivity index (χ0v) is 10.5. The van der Waals surface area contributed by atoms with Crippen molar-refractivity contribution in [3.8, 4) is 0 Å². The maximum absolute atomic E-state index is 13.1. The summed E-state index contributed by atoms with van der Waals surface area (Å²) in [7, 11) is 0. The van der Waals surface area contributed by atoms with Crippen molar-refractivity contribution in [1.82, 2.24) is 4.98 Å². The largest absolute Gasteiger partial charge is 0.360 e. The Kier molecular flexibility index (Phi) is 2.84. The van der Waals surface area contributed by atoms with Crippen LogP contribution in [0, 0.1) is 5.82 Å². The van der Waals surface area contributed by atoms with Crippen LogP contribution in [-0.4, -0.2) is 10.8 Å². The standard InChI is InChI=1S/C15H9ClFNO/c16-13-4-2-1-3-11(13)15(19)12-8-18-14-7-9(17)5-6-10(12)14/h1-8,18H. The first-order valence-electron chi connectivity index (χ1n) is 5.72. The van der Waals surface area contributed by atoms with Gasteiger partial charge in [-0.2, -0.15) is 0 Å². The molecule has 3 rings (SSSR count). The first-order chi connectivity index (χ1) is 9.16. The molecule has 0 amide bonds. The third-order valence-corrected chi connectivity index (χ3v) is 3.34. The van der Waals surface area contributed by atoms with E-state index >= 15 is 0 Å². The molecule has 94 valence electrons. The van der Waals surface area contributed by atoms with E-state index in [1.165, 1.54) is 12.1 Å². The lowest BCUT2D eigenvalue weighted by Crippen LogP contribution is -2.00. The van der Waals surface area contributed by atoms with Crippen LogP contribution in [0.15, 0.2) is 48.7 Å². The molecule has 0 spiro atoms. The second-order valence-corrected chi connectivity index (χ2v) is 4.61. The molecule has 0 radical (unpaired) electrons. The predicted octanol–water partition coefficient (Wildman–Crippen LogP) is 4.19. The highest BCUT2D eigenvalue weighted by Gasteiger charge is 2.16. The maximum Gasteiger partial charge on any atom is 0.196 e. The highest BCUT2D eigenvalue weighted by Crippen LogP contribution is 2.25. The van der Waals surface area contributed by atoms with Gasteiger partial charge >= 0.3 is 0 Å². The van der Waals surface area contributed by atoms with Gasteiger partial charge in [0.2, 0.25) is 0 Å². The van der Waals surface area contributed by atoms with Crippen molar-refractivity contribution in [2.45, 2.75) is 0 Å². The van der Waals surface area contributed by atoms with E-state index in [0.29, 0.717) is 27.1 Å². The molecule has 2 nitrogen and oxygen atoms in total. The highest BCUT2D eigenvalue weighted by atomic mass is 35.5. The monoisotopic (exact) mass is 273 g/mol. The number of H-pyrrole nitrogens is 1. The van der Waals surface area contributed by atoms with Crippen molar-refractivity contribution in [2.24, 2.45) is 0 Å². The number of ketones is 1. The van der Waals surface area contributed by atoms with Crippen LogP contribution >= 0.6 is 11.6 Å². The lowest BCUT2D eigenvalue weighted by molar-refractivity contribution is 0.104. The van der Waals surface area contributed by atoms with E-state index in [-0.39, 0.29) is 11.6 Å². The molecule has 0 saturated heterocycles. The molecule has 3 aromatic rings. The highest BCUT2D eigenvalue weighted by molar-refractivity contribution is 6.35. The van der Waals surface area contributed by atoms with Crippen LogP contribution in [0.5, 0.6) is 0 Å². The van der Waals surface area contributed by atoms with Crippen molar-refractivity contribution in [3.63, 3.8) is 0 Å². The van der Waals surface area contributed by atoms with Crippen LogP contribution in [0.4, 0.5) is 4.39 Å². The topological polar surface area (TPSA) is 32.9 Å². The normalized spacial score (nSPS) is 10.8. The molecule has 0 fully saturated rings. The number of halogens is 2. The van der Waals surface area contributed by atoms with Crippen LogP contribution < -0.4 is 0 Å². The Labute approximate surface area is 113 Å². The van der Waals surface area contributed by atoms with E-state index in [0.717, 1.165) is 0 Å². The fourth-order valence-electron chi connectivity index (χ4n) is 2.08. The molecular formula is C15H9ClFNO. The number of aromatic nitrogens is 1. The van der Waals surface area contributed by atoms with Gasteiger partial charge in [0.1, 0.15) is 5.82 Å². The SMILES string of the molecule is O=C(c1ccccc1Cl)c1c[nH]c2cc(F)ccc12. The summed E-state index contributed by atoms with van der Waals surface area (Å²) in [5, 5.41) is 1.09. The number of benzene rings is 2. The molecule has 0 aliphatic rings. The minimum Gasteiger partial charge on any atom is -0.360 e. The number of aromatic amines is 1. The molecule has 1 heterocycles. The van der Waals surface area contributed by atoms with Crippen molar-refractivity contribution in [3.05, 3.63) is 70.6 Å². The molecule has 0 atom stereocenters. The van der Waals surface area contributed by atoms with Gasteiger partial charge in [0.25, 0.3) is 0 Å². The summed E-state index contributed by atoms with van der Waals surface area (Å²) in [6.45, 7) is 0. The van der Waals surface area contributed by atoms with Gasteiger partial charge in [-0.05, 0) is 30.3 Å². The molecule has 0 aliphatic carbocycles. The van der Waals surface area contributed by atoms with Gasteiger partial charge in [0.15, 0.2) is 5.78 Å². The van der Waals surface area contributed by atoms with E-state index in [2.05, 4.69) is 4.98 Å². The molecule has 4 heteroatoms. The quantitative estimate of drug-likeness (QED) is 0.698. The summed E-state index contributed by atoms with van der Waals surface area (Å²) in [4.78, 5) is 15.3. The van der Waals surface area contributed by atoms with E-state index in [9.17, 15) is 9.18 Å². The third kappa shape index (κ3) is 2.02. The second-order valence-electron chi connectivity index (χ2n) is 4.20. The minimum atomic E-state index is -0.342. The number of carbonyl (C=O) groups is 1. The predicted molar refractivity (Wildman–Crippen MR) is 73.1 cm³/mol. The summed E-state index contributed by atoms with van der Waals surface area (Å²) in [6.07, 6.45) is 1.58. The van der Waals surface area contributed by atoms with Gasteiger partial charge in [0, 0.05) is 28.2 Å². The molecule has 1 N–H and O–H groups in total. The average Bonchev–Trinajstić information content (AvgIpc) is 2.81. The zero-order valence-electron chi connectivity index (χ0n) is 9.78. The Balaban J connectivity index is 2.15. The lowest BCUT2D eigenvalue weighted by atomic mass is 10.0. The summed E-state index contributed by atoms with van der Waals surface area (Å²) < 4.78 is 13.1. The molecule has 1 aromatic heterocycles. The number of nitrogens with one attached hydrogen (secondary N) is 1. The lowest BCUT2D eigenvalue weighted by Gasteiger charge is -2.02. The van der Waals surface area contributed by atoms with Gasteiger partial charge in [-0.3, -0.25) is 4.79 Å². The van der Waals surface area contributed by atoms with Crippen LogP contribution in [0.2, 0.25) is 5.02 Å². The van der Waals surface area contributed by atoms with E-state index < -0.39 is 0 Å². The second kappa shape index (κ2) is 4.52. The number of hydrogen-bond donors (Lipinski definition) is 1. The van der Waals surface area contributed by atoms with Gasteiger partial charge in [-0.25, -0.2) is 4.39 Å². The molecule has 0 unspecified atom stereocenters. The summed E-state index contributed by atoms with van der Waals surface area (Å²) in [6, 6.07) is 11.1. The van der Waals surface area contributed by atoms with Gasteiger partial charge < -0.3 is 4.98 Å². The van der Waals surface area contributed by atoms with Crippen molar-refractivity contribution in [2.75, 3.05) is 0 Å². The average molecular weight is 274 g/mol. The number of rotatable bonds is 2. The van der Waals surface area contributed by atoms with E-state index in [4.69, 9.17) is 11.6 Å². The van der Waals surface area contributed by atoms with E-state index in [1.54, 1.807) is 36.5 Å². The number of hydrogen-bond acceptors (Lipinski definition) is 1. The molecule has 0 bridgehead atoms. The van der Waals surface area contributed by atoms with Crippen molar-refractivity contribution < 1.29 is 9.18 Å². The van der Waals surface area contributed by atoms with Gasteiger partial charge in [-0.1, -0.05) is 23.7 Å². The Morgan fingerprint density at radius 2 is 1.89 bits per heavy atom. The fourth-order valence-corrected chi connectivity index (χ4v) is 2.30. The maximum atomic E-state index is 13.1. The summed E-state index contributed by atoms with van der Waals surface area (Å²) in [5.41, 5.74) is 1.52. The van der Waals surface area contributed by atoms with Crippen LogP contribution in [0.3, 0.4) is 0 Å². The smallest absolute Gasteiger partial charge is 0.196 e. The minimum absolute atomic E-state index is 0.177. The van der Waals surface area contributed by atoms with E-state index in [1.807, 2.05) is 0 Å². The summed E-state index contributed by atoms with van der Waals surface area (Å²) >= 11 is 6.02. The van der Waals surface area contributed by atoms with Crippen molar-refractivity contribution in [1.29, 1.82) is 0 Å². The fraction of sp³-hybridized carbons (Fsp3) is 0. The van der Waals surface area contributed by atoms with Crippen LogP contribution in [-0.2, 0) is 0 Å². The Morgan fingerprint density at radius 3 is 2.68 bits per heavy atom. The molecule has 19 heavy (non-hydrogen) atoms. The number of carbonyl (C=O) groups excluding carboxylic acids is 1. The Morgan fingerprint density at radius 1 is 1.11 bits per heavy atom. The Hall–Kier alpha value is -2.13. The first-order valence-corrected chi connectivity index (χ1v) is 6.10. The van der Waals surface area contributed by atoms with Crippen molar-refractivity contribution >= 4 is 28.3 Å². The van der Waals surface area contributed by atoms with Crippen LogP contribution in [0.25, 0.3) is 10.9 Å². The molecular weight excluding hydrogens is 265 g/mol. The molecule has 2 aromatic carbocycles. The Bertz CT molecular complexity index is 779. The zero-order chi connectivity index (χ0) is 13.4. The van der Waals surface area contributed by atoms with Crippen LogP contribution in [0.1, 0.15) is 15.9 Å². The third-order valence-electron chi connectivity index (χ3n) is 3.01. The first kappa shape index (κ1) is 11.9. The van der Waals surface area contributed by atoms with Gasteiger partial charge in [0.05, 0.1) is 5.02 Å². The summed E-state index contributed by atoms with van der Waals surface area (Å²) in [5.74, 6) is -0.519.